The summed E-state index contributed by atoms with van der Waals surface area (Å²) in [4.78, 5) is 17.0. The van der Waals surface area contributed by atoms with E-state index >= 15 is 0 Å². The Morgan fingerprint density at radius 1 is 1.14 bits per heavy atom. The molecule has 8 heteroatoms. The molecule has 0 bridgehead atoms. The summed E-state index contributed by atoms with van der Waals surface area (Å²) in [6, 6.07) is 14.2. The van der Waals surface area contributed by atoms with Crippen molar-refractivity contribution < 1.29 is 18.7 Å². The summed E-state index contributed by atoms with van der Waals surface area (Å²) in [5, 5.41) is 3.80. The van der Waals surface area contributed by atoms with Crippen LogP contribution in [0.15, 0.2) is 52.9 Å². The van der Waals surface area contributed by atoms with Crippen molar-refractivity contribution in [2.24, 2.45) is 0 Å². The first-order chi connectivity index (χ1) is 13.6. The van der Waals surface area contributed by atoms with Crippen molar-refractivity contribution in [3.8, 4) is 22.8 Å². The van der Waals surface area contributed by atoms with Gasteiger partial charge in [0.15, 0.2) is 10.9 Å². The van der Waals surface area contributed by atoms with Crippen molar-refractivity contribution in [2.75, 3.05) is 19.5 Å². The number of hydrogen-bond acceptors (Lipinski definition) is 6. The highest BCUT2D eigenvalue weighted by Gasteiger charge is 2.17. The molecule has 28 heavy (non-hydrogen) atoms. The molecule has 1 amide bonds. The van der Waals surface area contributed by atoms with Crippen LogP contribution in [0.25, 0.3) is 21.5 Å². The highest BCUT2D eigenvalue weighted by Crippen LogP contribution is 2.36. The molecule has 0 fully saturated rings. The molecule has 0 unspecified atom stereocenters. The Bertz CT molecular complexity index is 1170. The van der Waals surface area contributed by atoms with Gasteiger partial charge in [-0.3, -0.25) is 10.1 Å². The van der Waals surface area contributed by atoms with Crippen molar-refractivity contribution in [3.05, 3.63) is 59.3 Å². The van der Waals surface area contributed by atoms with Crippen LogP contribution < -0.4 is 14.8 Å². The van der Waals surface area contributed by atoms with Crippen molar-refractivity contribution in [2.45, 2.75) is 0 Å². The number of methoxy groups -OCH3 is 2. The maximum atomic E-state index is 12.6. The Labute approximate surface area is 169 Å². The summed E-state index contributed by atoms with van der Waals surface area (Å²) < 4.78 is 17.1. The SMILES string of the molecule is COc1cc(OC)c2nc(NC(=O)c3ccc(-c4cccc(Cl)c4)o3)sc2c1. The fourth-order valence-electron chi connectivity index (χ4n) is 2.72. The molecule has 4 aromatic rings. The van der Waals surface area contributed by atoms with E-state index in [1.807, 2.05) is 18.2 Å². The summed E-state index contributed by atoms with van der Waals surface area (Å²) in [5.41, 5.74) is 1.45. The van der Waals surface area contributed by atoms with E-state index in [4.69, 9.17) is 25.5 Å². The van der Waals surface area contributed by atoms with Gasteiger partial charge in [0.2, 0.25) is 0 Å². The number of halogens is 1. The number of carbonyl (C=O) groups excluding carboxylic acids is 1. The van der Waals surface area contributed by atoms with Gasteiger partial charge in [-0.25, -0.2) is 4.98 Å². The van der Waals surface area contributed by atoms with Crippen molar-refractivity contribution in [1.29, 1.82) is 0 Å². The predicted octanol–water partition coefficient (Wildman–Crippen LogP) is 5.48. The van der Waals surface area contributed by atoms with E-state index in [2.05, 4.69) is 10.3 Å². The molecule has 0 radical (unpaired) electrons. The monoisotopic (exact) mass is 414 g/mol. The van der Waals surface area contributed by atoms with E-state index in [1.165, 1.54) is 11.3 Å². The highest BCUT2D eigenvalue weighted by atomic mass is 35.5. The van der Waals surface area contributed by atoms with Crippen LogP contribution in [0.2, 0.25) is 5.02 Å². The van der Waals surface area contributed by atoms with Crippen LogP contribution in [-0.2, 0) is 0 Å². The quantitative estimate of drug-likeness (QED) is 0.468. The molecule has 1 N–H and O–H groups in total. The number of ether oxygens (including phenoxy) is 2. The fourth-order valence-corrected chi connectivity index (χ4v) is 3.81. The second-order valence-electron chi connectivity index (χ2n) is 5.82. The molecule has 0 saturated heterocycles. The number of carbonyl (C=O) groups is 1. The number of fused-ring (bicyclic) bond motifs is 1. The third-order valence-electron chi connectivity index (χ3n) is 4.05. The van der Waals surface area contributed by atoms with Crippen LogP contribution in [0, 0.1) is 0 Å². The number of anilines is 1. The predicted molar refractivity (Wildman–Crippen MR) is 110 cm³/mol. The normalized spacial score (nSPS) is 10.8. The molecule has 0 spiro atoms. The highest BCUT2D eigenvalue weighted by molar-refractivity contribution is 7.22. The molecule has 142 valence electrons. The Morgan fingerprint density at radius 3 is 2.75 bits per heavy atom. The summed E-state index contributed by atoms with van der Waals surface area (Å²) >= 11 is 7.33. The average molecular weight is 415 g/mol. The molecule has 6 nitrogen and oxygen atoms in total. The Hall–Kier alpha value is -3.03. The van der Waals surface area contributed by atoms with Crippen LogP contribution >= 0.6 is 22.9 Å². The second kappa shape index (κ2) is 7.53. The van der Waals surface area contributed by atoms with Gasteiger partial charge in [0.1, 0.15) is 22.8 Å². The number of rotatable bonds is 5. The van der Waals surface area contributed by atoms with Gasteiger partial charge < -0.3 is 13.9 Å². The van der Waals surface area contributed by atoms with Crippen molar-refractivity contribution in [3.63, 3.8) is 0 Å². The number of benzene rings is 2. The third-order valence-corrected chi connectivity index (χ3v) is 5.20. The number of hydrogen-bond donors (Lipinski definition) is 1. The molecular formula is C20H15ClN2O4S. The molecular weight excluding hydrogens is 400 g/mol. The molecule has 4 rings (SSSR count). The number of thiazole rings is 1. The maximum Gasteiger partial charge on any atom is 0.293 e. The molecule has 0 aliphatic rings. The number of nitrogens with zero attached hydrogens (tertiary/aromatic N) is 1. The fraction of sp³-hybridized carbons (Fsp3) is 0.100. The van der Waals surface area contributed by atoms with E-state index < -0.39 is 5.91 Å². The van der Waals surface area contributed by atoms with Crippen molar-refractivity contribution >= 4 is 44.2 Å². The van der Waals surface area contributed by atoms with E-state index in [-0.39, 0.29) is 5.76 Å². The number of nitrogens with one attached hydrogen (secondary N) is 1. The first-order valence-electron chi connectivity index (χ1n) is 8.27. The lowest BCUT2D eigenvalue weighted by Crippen LogP contribution is -2.10. The van der Waals surface area contributed by atoms with Gasteiger partial charge >= 0.3 is 0 Å². The topological polar surface area (TPSA) is 73.6 Å². The summed E-state index contributed by atoms with van der Waals surface area (Å²) in [6.45, 7) is 0. The third kappa shape index (κ3) is 3.54. The number of amides is 1. The van der Waals surface area contributed by atoms with Crippen LogP contribution in [-0.4, -0.2) is 25.1 Å². The van der Waals surface area contributed by atoms with Gasteiger partial charge in [-0.2, -0.15) is 0 Å². The zero-order valence-corrected chi connectivity index (χ0v) is 16.6. The van der Waals surface area contributed by atoms with E-state index in [0.29, 0.717) is 32.9 Å². The molecule has 0 saturated carbocycles. The first-order valence-corrected chi connectivity index (χ1v) is 9.46. The molecule has 2 aromatic carbocycles. The minimum atomic E-state index is -0.390. The lowest BCUT2D eigenvalue weighted by Gasteiger charge is -2.03. The van der Waals surface area contributed by atoms with Gasteiger partial charge in [-0.1, -0.05) is 35.1 Å². The Balaban J connectivity index is 1.59. The Morgan fingerprint density at radius 2 is 2.00 bits per heavy atom. The largest absolute Gasteiger partial charge is 0.497 e. The Kier molecular flexibility index (Phi) is 4.93. The molecule has 2 aromatic heterocycles. The maximum absolute atomic E-state index is 12.6. The zero-order valence-electron chi connectivity index (χ0n) is 15.0. The van der Waals surface area contributed by atoms with Crippen molar-refractivity contribution in [1.82, 2.24) is 4.98 Å². The molecule has 2 heterocycles. The van der Waals surface area contributed by atoms with Gasteiger partial charge in [0.05, 0.1) is 18.9 Å². The van der Waals surface area contributed by atoms with E-state index in [9.17, 15) is 4.79 Å². The van der Waals surface area contributed by atoms with E-state index in [0.717, 1.165) is 10.3 Å². The van der Waals surface area contributed by atoms with Crippen LogP contribution in [0.5, 0.6) is 11.5 Å². The van der Waals surface area contributed by atoms with Gasteiger partial charge in [-0.15, -0.1) is 0 Å². The van der Waals surface area contributed by atoms with Crippen LogP contribution in [0.1, 0.15) is 10.6 Å². The molecule has 0 atom stereocenters. The minimum Gasteiger partial charge on any atom is -0.497 e. The zero-order chi connectivity index (χ0) is 19.7. The van der Waals surface area contributed by atoms with E-state index in [1.54, 1.807) is 44.6 Å². The minimum absolute atomic E-state index is 0.179. The van der Waals surface area contributed by atoms with Crippen LogP contribution in [0.4, 0.5) is 5.13 Å². The van der Waals surface area contributed by atoms with Gasteiger partial charge in [0.25, 0.3) is 5.91 Å². The lowest BCUT2D eigenvalue weighted by molar-refractivity contribution is 0.0997. The summed E-state index contributed by atoms with van der Waals surface area (Å²) in [5.74, 6) is 1.58. The summed E-state index contributed by atoms with van der Waals surface area (Å²) in [7, 11) is 3.14. The first kappa shape index (κ1) is 18.3. The second-order valence-corrected chi connectivity index (χ2v) is 7.29. The molecule has 0 aliphatic heterocycles. The van der Waals surface area contributed by atoms with Gasteiger partial charge in [-0.05, 0) is 30.3 Å². The van der Waals surface area contributed by atoms with Crippen LogP contribution in [0.3, 0.4) is 0 Å². The summed E-state index contributed by atoms with van der Waals surface area (Å²) in [6.07, 6.45) is 0. The number of furan rings is 1. The average Bonchev–Trinajstić information content (AvgIpc) is 3.34. The molecule has 0 aliphatic carbocycles. The van der Waals surface area contributed by atoms with Gasteiger partial charge in [0, 0.05) is 16.7 Å². The number of aromatic nitrogens is 1. The lowest BCUT2D eigenvalue weighted by atomic mass is 10.2. The smallest absolute Gasteiger partial charge is 0.293 e. The standard InChI is InChI=1S/C20H15ClN2O4S/c1-25-13-9-16(26-2)18-17(10-13)28-20(22-18)23-19(24)15-7-6-14(27-15)11-4-3-5-12(21)8-11/h3-10H,1-2H3,(H,22,23,24).